The van der Waals surface area contributed by atoms with Crippen molar-refractivity contribution < 1.29 is 9.15 Å². The number of morpholine rings is 1. The first-order valence-electron chi connectivity index (χ1n) is 7.70. The number of anilines is 1. The first kappa shape index (κ1) is 14.0. The molecule has 1 aliphatic heterocycles. The van der Waals surface area contributed by atoms with Crippen molar-refractivity contribution in [3.8, 4) is 22.8 Å². The van der Waals surface area contributed by atoms with Gasteiger partial charge in [-0.15, -0.1) is 0 Å². The van der Waals surface area contributed by atoms with Crippen LogP contribution < -0.4 is 4.90 Å². The van der Waals surface area contributed by atoms with Crippen LogP contribution >= 0.6 is 0 Å². The fourth-order valence-electron chi connectivity index (χ4n) is 2.64. The van der Waals surface area contributed by atoms with Crippen LogP contribution in [0.15, 0.2) is 59.3 Å². The van der Waals surface area contributed by atoms with Crippen LogP contribution in [0, 0.1) is 0 Å². The molecule has 0 aliphatic carbocycles. The van der Waals surface area contributed by atoms with Crippen LogP contribution in [0.4, 0.5) is 5.82 Å². The van der Waals surface area contributed by atoms with E-state index < -0.39 is 0 Å². The number of aromatic nitrogens is 2. The van der Waals surface area contributed by atoms with E-state index in [0.717, 1.165) is 49.0 Å². The maximum atomic E-state index is 5.86. The molecule has 5 nitrogen and oxygen atoms in total. The van der Waals surface area contributed by atoms with Crippen molar-refractivity contribution in [1.29, 1.82) is 0 Å². The molecule has 0 atom stereocenters. The first-order valence-corrected chi connectivity index (χ1v) is 7.70. The molecule has 3 aromatic rings. The Morgan fingerprint density at radius 2 is 1.65 bits per heavy atom. The summed E-state index contributed by atoms with van der Waals surface area (Å²) in [5.74, 6) is 2.31. The van der Waals surface area contributed by atoms with E-state index in [1.165, 1.54) is 0 Å². The molecule has 1 aliphatic rings. The number of ether oxygens (including phenoxy) is 1. The Bertz CT molecular complexity index is 762. The molecule has 1 saturated heterocycles. The standard InChI is InChI=1S/C18H17N3O2/c1-2-4-14(5-3-1)16-13-20-18(23-16)15-6-7-17(19-12-15)21-8-10-22-11-9-21/h1-7,12-13H,8-11H2. The monoisotopic (exact) mass is 307 g/mol. The Kier molecular flexibility index (Phi) is 3.78. The van der Waals surface area contributed by atoms with Gasteiger partial charge in [0.1, 0.15) is 5.82 Å². The highest BCUT2D eigenvalue weighted by Crippen LogP contribution is 2.26. The maximum absolute atomic E-state index is 5.86. The van der Waals surface area contributed by atoms with Gasteiger partial charge in [-0.1, -0.05) is 30.3 Å². The van der Waals surface area contributed by atoms with Crippen molar-refractivity contribution >= 4 is 5.82 Å². The van der Waals surface area contributed by atoms with Gasteiger partial charge in [-0.25, -0.2) is 9.97 Å². The lowest BCUT2D eigenvalue weighted by Gasteiger charge is -2.27. The van der Waals surface area contributed by atoms with Crippen molar-refractivity contribution in [1.82, 2.24) is 9.97 Å². The number of benzene rings is 1. The number of pyridine rings is 1. The molecule has 116 valence electrons. The lowest BCUT2D eigenvalue weighted by Crippen LogP contribution is -2.36. The highest BCUT2D eigenvalue weighted by molar-refractivity contribution is 5.61. The number of nitrogens with zero attached hydrogens (tertiary/aromatic N) is 3. The van der Waals surface area contributed by atoms with Gasteiger partial charge in [0.25, 0.3) is 0 Å². The van der Waals surface area contributed by atoms with Gasteiger partial charge < -0.3 is 14.1 Å². The maximum Gasteiger partial charge on any atom is 0.228 e. The molecule has 0 saturated carbocycles. The lowest BCUT2D eigenvalue weighted by molar-refractivity contribution is 0.122. The lowest BCUT2D eigenvalue weighted by atomic mass is 10.2. The van der Waals surface area contributed by atoms with E-state index in [1.54, 1.807) is 6.20 Å². The van der Waals surface area contributed by atoms with E-state index in [2.05, 4.69) is 14.9 Å². The van der Waals surface area contributed by atoms with E-state index in [0.29, 0.717) is 5.89 Å². The quantitative estimate of drug-likeness (QED) is 0.743. The molecule has 0 amide bonds. The van der Waals surface area contributed by atoms with Gasteiger partial charge >= 0.3 is 0 Å². The van der Waals surface area contributed by atoms with Gasteiger partial charge in [-0.05, 0) is 12.1 Å². The average molecular weight is 307 g/mol. The fraction of sp³-hybridized carbons (Fsp3) is 0.222. The molecule has 3 heterocycles. The average Bonchev–Trinajstić information content (AvgIpc) is 3.14. The molecular weight excluding hydrogens is 290 g/mol. The number of hydrogen-bond acceptors (Lipinski definition) is 5. The highest BCUT2D eigenvalue weighted by atomic mass is 16.5. The second kappa shape index (κ2) is 6.22. The van der Waals surface area contributed by atoms with Gasteiger partial charge in [0.2, 0.25) is 5.89 Å². The second-order valence-electron chi connectivity index (χ2n) is 5.40. The molecule has 4 rings (SSSR count). The summed E-state index contributed by atoms with van der Waals surface area (Å²) in [6, 6.07) is 14.0. The van der Waals surface area contributed by atoms with Crippen molar-refractivity contribution in [2.75, 3.05) is 31.2 Å². The minimum atomic E-state index is 0.588. The van der Waals surface area contributed by atoms with Gasteiger partial charge in [0, 0.05) is 24.8 Å². The third kappa shape index (κ3) is 2.96. The topological polar surface area (TPSA) is 51.4 Å². The largest absolute Gasteiger partial charge is 0.436 e. The molecule has 0 N–H and O–H groups in total. The highest BCUT2D eigenvalue weighted by Gasteiger charge is 2.13. The molecule has 2 aromatic heterocycles. The number of rotatable bonds is 3. The molecule has 1 fully saturated rings. The van der Waals surface area contributed by atoms with Crippen molar-refractivity contribution in [2.24, 2.45) is 0 Å². The molecule has 0 unspecified atom stereocenters. The van der Waals surface area contributed by atoms with Crippen LogP contribution in [0.25, 0.3) is 22.8 Å². The van der Waals surface area contributed by atoms with Crippen LogP contribution in [-0.2, 0) is 4.74 Å². The third-order valence-electron chi connectivity index (χ3n) is 3.89. The Labute approximate surface area is 134 Å². The second-order valence-corrected chi connectivity index (χ2v) is 5.40. The zero-order valence-corrected chi connectivity index (χ0v) is 12.7. The summed E-state index contributed by atoms with van der Waals surface area (Å²) in [5, 5.41) is 0. The predicted molar refractivity (Wildman–Crippen MR) is 88.2 cm³/mol. The summed E-state index contributed by atoms with van der Waals surface area (Å²) in [4.78, 5) is 11.1. The molecule has 0 bridgehead atoms. The van der Waals surface area contributed by atoms with Crippen LogP contribution in [0.1, 0.15) is 0 Å². The Morgan fingerprint density at radius 3 is 2.39 bits per heavy atom. The van der Waals surface area contributed by atoms with Gasteiger partial charge in [-0.2, -0.15) is 0 Å². The van der Waals surface area contributed by atoms with E-state index in [-0.39, 0.29) is 0 Å². The zero-order valence-electron chi connectivity index (χ0n) is 12.7. The molecule has 0 spiro atoms. The van der Waals surface area contributed by atoms with Crippen molar-refractivity contribution in [3.05, 3.63) is 54.9 Å². The zero-order chi connectivity index (χ0) is 15.5. The Hall–Kier alpha value is -2.66. The molecular formula is C18H17N3O2. The summed E-state index contributed by atoms with van der Waals surface area (Å²) in [5.41, 5.74) is 1.90. The minimum Gasteiger partial charge on any atom is -0.436 e. The minimum absolute atomic E-state index is 0.588. The summed E-state index contributed by atoms with van der Waals surface area (Å²) in [6.45, 7) is 3.26. The SMILES string of the molecule is c1ccc(-c2cnc(-c3ccc(N4CCOCC4)nc3)o2)cc1. The van der Waals surface area contributed by atoms with Gasteiger partial charge in [0.05, 0.1) is 25.0 Å². The van der Waals surface area contributed by atoms with E-state index in [4.69, 9.17) is 9.15 Å². The van der Waals surface area contributed by atoms with Crippen molar-refractivity contribution in [3.63, 3.8) is 0 Å². The summed E-state index contributed by atoms with van der Waals surface area (Å²) < 4.78 is 11.2. The third-order valence-corrected chi connectivity index (χ3v) is 3.89. The number of hydrogen-bond donors (Lipinski definition) is 0. The van der Waals surface area contributed by atoms with Crippen LogP contribution in [0.5, 0.6) is 0 Å². The predicted octanol–water partition coefficient (Wildman–Crippen LogP) is 3.24. The Morgan fingerprint density at radius 1 is 0.826 bits per heavy atom. The molecule has 23 heavy (non-hydrogen) atoms. The van der Waals surface area contributed by atoms with Crippen molar-refractivity contribution in [2.45, 2.75) is 0 Å². The van der Waals surface area contributed by atoms with Crippen LogP contribution in [-0.4, -0.2) is 36.3 Å². The van der Waals surface area contributed by atoms with E-state index >= 15 is 0 Å². The fourth-order valence-corrected chi connectivity index (χ4v) is 2.64. The normalized spacial score (nSPS) is 14.9. The van der Waals surface area contributed by atoms with Crippen LogP contribution in [0.2, 0.25) is 0 Å². The van der Waals surface area contributed by atoms with Crippen LogP contribution in [0.3, 0.4) is 0 Å². The number of oxazole rings is 1. The Balaban J connectivity index is 1.55. The molecule has 5 heteroatoms. The summed E-state index contributed by atoms with van der Waals surface area (Å²) >= 11 is 0. The van der Waals surface area contributed by atoms with E-state index in [1.807, 2.05) is 48.7 Å². The van der Waals surface area contributed by atoms with Gasteiger partial charge in [-0.3, -0.25) is 0 Å². The summed E-state index contributed by atoms with van der Waals surface area (Å²) in [6.07, 6.45) is 3.56. The molecule has 0 radical (unpaired) electrons. The first-order chi connectivity index (χ1) is 11.4. The van der Waals surface area contributed by atoms with E-state index in [9.17, 15) is 0 Å². The molecule has 1 aromatic carbocycles. The smallest absolute Gasteiger partial charge is 0.228 e. The summed E-state index contributed by atoms with van der Waals surface area (Å²) in [7, 11) is 0. The van der Waals surface area contributed by atoms with Gasteiger partial charge in [0.15, 0.2) is 5.76 Å².